The average Bonchev–Trinajstić information content (AvgIpc) is 3.31. The number of benzene rings is 1. The van der Waals surface area contributed by atoms with E-state index < -0.39 is 23.6 Å². The first-order valence-electron chi connectivity index (χ1n) is 11.9. The third kappa shape index (κ3) is 6.36. The lowest BCUT2D eigenvalue weighted by Gasteiger charge is -2.20. The van der Waals surface area contributed by atoms with Crippen LogP contribution in [0.3, 0.4) is 0 Å². The number of ether oxygens (including phenoxy) is 1. The molecule has 202 valence electrons. The van der Waals surface area contributed by atoms with Crippen LogP contribution < -0.4 is 15.4 Å². The molecular weight excluding hydrogens is 509 g/mol. The molecular formula is C26H26F5N5O2. The molecule has 1 aliphatic heterocycles. The van der Waals surface area contributed by atoms with Crippen LogP contribution in [0.15, 0.2) is 60.9 Å². The van der Waals surface area contributed by atoms with Gasteiger partial charge in [0.2, 0.25) is 5.88 Å². The van der Waals surface area contributed by atoms with E-state index in [0.717, 1.165) is 37.1 Å². The second kappa shape index (κ2) is 11.3. The van der Waals surface area contributed by atoms with Gasteiger partial charge in [0.15, 0.2) is 0 Å². The molecule has 0 aliphatic carbocycles. The molecule has 1 aromatic carbocycles. The summed E-state index contributed by atoms with van der Waals surface area (Å²) in [5.41, 5.74) is -0.168. The fourth-order valence-electron chi connectivity index (χ4n) is 4.05. The van der Waals surface area contributed by atoms with Crippen molar-refractivity contribution in [2.24, 2.45) is 0 Å². The SMILES string of the molecule is CN1CCCC1COc1cc(CNc2ncccc2C(=O)Nc2ccc(C(F)(F)C(F)(F)F)cc2)ccn1. The first kappa shape index (κ1) is 27.2. The lowest BCUT2D eigenvalue weighted by atomic mass is 10.1. The van der Waals surface area contributed by atoms with Gasteiger partial charge >= 0.3 is 12.1 Å². The number of halogens is 5. The first-order valence-corrected chi connectivity index (χ1v) is 11.9. The highest BCUT2D eigenvalue weighted by Crippen LogP contribution is 2.43. The molecule has 1 saturated heterocycles. The number of aromatic nitrogens is 2. The Kier molecular flexibility index (Phi) is 8.10. The number of nitrogens with one attached hydrogen (secondary N) is 2. The Morgan fingerprint density at radius 3 is 2.53 bits per heavy atom. The number of hydrogen-bond acceptors (Lipinski definition) is 6. The lowest BCUT2D eigenvalue weighted by molar-refractivity contribution is -0.289. The zero-order chi connectivity index (χ0) is 27.3. The van der Waals surface area contributed by atoms with E-state index in [1.165, 1.54) is 12.3 Å². The number of carbonyl (C=O) groups is 1. The fourth-order valence-corrected chi connectivity index (χ4v) is 4.05. The number of carbonyl (C=O) groups excluding carboxylic acids is 1. The minimum absolute atomic E-state index is 0.0513. The molecule has 12 heteroatoms. The van der Waals surface area contributed by atoms with Gasteiger partial charge in [0, 0.05) is 42.3 Å². The summed E-state index contributed by atoms with van der Waals surface area (Å²) in [7, 11) is 2.07. The molecule has 0 bridgehead atoms. The molecule has 0 radical (unpaired) electrons. The van der Waals surface area contributed by atoms with Crippen LogP contribution in [0.2, 0.25) is 0 Å². The van der Waals surface area contributed by atoms with Crippen LogP contribution >= 0.6 is 0 Å². The van der Waals surface area contributed by atoms with Crippen molar-refractivity contribution in [2.45, 2.75) is 37.5 Å². The highest BCUT2D eigenvalue weighted by molar-refractivity contribution is 6.07. The zero-order valence-corrected chi connectivity index (χ0v) is 20.4. The summed E-state index contributed by atoms with van der Waals surface area (Å²) in [6.45, 7) is 1.89. The van der Waals surface area contributed by atoms with E-state index in [0.29, 0.717) is 37.2 Å². The number of hydrogen-bond donors (Lipinski definition) is 2. The van der Waals surface area contributed by atoms with Crippen LogP contribution in [-0.4, -0.2) is 53.2 Å². The van der Waals surface area contributed by atoms with E-state index in [9.17, 15) is 26.7 Å². The first-order chi connectivity index (χ1) is 18.0. The van der Waals surface area contributed by atoms with Gasteiger partial charge in [-0.15, -0.1) is 0 Å². The molecule has 38 heavy (non-hydrogen) atoms. The summed E-state index contributed by atoms with van der Waals surface area (Å²) in [6, 6.07) is 10.2. The van der Waals surface area contributed by atoms with Crippen molar-refractivity contribution in [3.63, 3.8) is 0 Å². The number of anilines is 2. The lowest BCUT2D eigenvalue weighted by Crippen LogP contribution is -2.33. The van der Waals surface area contributed by atoms with E-state index in [1.54, 1.807) is 24.4 Å². The van der Waals surface area contributed by atoms with Crippen LogP contribution in [0.1, 0.15) is 34.3 Å². The van der Waals surface area contributed by atoms with Crippen molar-refractivity contribution >= 4 is 17.4 Å². The molecule has 1 unspecified atom stereocenters. The second-order valence-electron chi connectivity index (χ2n) is 8.95. The molecule has 1 atom stereocenters. The number of likely N-dealkylation sites (N-methyl/N-ethyl adjacent to an activating group) is 1. The van der Waals surface area contributed by atoms with Crippen molar-refractivity contribution in [2.75, 3.05) is 30.8 Å². The molecule has 1 amide bonds. The molecule has 2 aromatic heterocycles. The number of nitrogens with zero attached hydrogens (tertiary/aromatic N) is 3. The van der Waals surface area contributed by atoms with Crippen molar-refractivity contribution in [1.29, 1.82) is 0 Å². The molecule has 0 spiro atoms. The summed E-state index contributed by atoms with van der Waals surface area (Å²) < 4.78 is 70.6. The van der Waals surface area contributed by atoms with Gasteiger partial charge in [0.05, 0.1) is 5.56 Å². The van der Waals surface area contributed by atoms with Crippen LogP contribution in [0.4, 0.5) is 33.5 Å². The summed E-state index contributed by atoms with van der Waals surface area (Å²) in [5.74, 6) is -4.86. The highest BCUT2D eigenvalue weighted by atomic mass is 19.4. The number of amides is 1. The smallest absolute Gasteiger partial charge is 0.458 e. The standard InChI is InChI=1S/C26H26F5N5O2/c1-36-13-3-4-20(36)16-38-22-14-17(10-12-32-22)15-34-23-21(5-2-11-33-23)24(37)35-19-8-6-18(7-9-19)25(27,28)26(29,30)31/h2,5-12,14,20H,3-4,13,15-16H2,1H3,(H,33,34)(H,35,37). The van der Waals surface area contributed by atoms with Gasteiger partial charge in [0.1, 0.15) is 12.4 Å². The topological polar surface area (TPSA) is 79.4 Å². The van der Waals surface area contributed by atoms with Crippen molar-refractivity contribution in [3.05, 3.63) is 77.6 Å². The van der Waals surface area contributed by atoms with Crippen molar-refractivity contribution in [1.82, 2.24) is 14.9 Å². The summed E-state index contributed by atoms with van der Waals surface area (Å²) in [4.78, 5) is 23.5. The van der Waals surface area contributed by atoms with E-state index >= 15 is 0 Å². The Labute approximate surface area is 216 Å². The van der Waals surface area contributed by atoms with E-state index in [2.05, 4.69) is 32.5 Å². The molecule has 2 N–H and O–H groups in total. The number of rotatable bonds is 9. The molecule has 7 nitrogen and oxygen atoms in total. The predicted molar refractivity (Wildman–Crippen MR) is 131 cm³/mol. The van der Waals surface area contributed by atoms with E-state index in [1.807, 2.05) is 0 Å². The Bertz CT molecular complexity index is 1250. The largest absolute Gasteiger partial charge is 0.476 e. The third-order valence-electron chi connectivity index (χ3n) is 6.27. The van der Waals surface area contributed by atoms with Crippen LogP contribution in [-0.2, 0) is 12.5 Å². The van der Waals surface area contributed by atoms with Crippen LogP contribution in [0, 0.1) is 0 Å². The Morgan fingerprint density at radius 2 is 1.84 bits per heavy atom. The summed E-state index contributed by atoms with van der Waals surface area (Å²) in [5, 5.41) is 5.58. The second-order valence-corrected chi connectivity index (χ2v) is 8.95. The van der Waals surface area contributed by atoms with Gasteiger partial charge in [-0.1, -0.05) is 12.1 Å². The summed E-state index contributed by atoms with van der Waals surface area (Å²) >= 11 is 0. The Hall–Kier alpha value is -3.80. The minimum atomic E-state index is -5.72. The van der Waals surface area contributed by atoms with Crippen molar-refractivity contribution < 1.29 is 31.5 Å². The van der Waals surface area contributed by atoms with Gasteiger partial charge in [-0.3, -0.25) is 4.79 Å². The zero-order valence-electron chi connectivity index (χ0n) is 20.4. The average molecular weight is 536 g/mol. The number of pyridine rings is 2. The number of likely N-dealkylation sites (tertiary alicyclic amines) is 1. The third-order valence-corrected chi connectivity index (χ3v) is 6.27. The monoisotopic (exact) mass is 535 g/mol. The maximum Gasteiger partial charge on any atom is 0.458 e. The van der Waals surface area contributed by atoms with Gasteiger partial charge < -0.3 is 20.3 Å². The maximum atomic E-state index is 13.5. The van der Waals surface area contributed by atoms with Crippen LogP contribution in [0.25, 0.3) is 0 Å². The fraction of sp³-hybridized carbons (Fsp3) is 0.346. The number of alkyl halides is 5. The summed E-state index contributed by atoms with van der Waals surface area (Å²) in [6.07, 6.45) is -0.384. The van der Waals surface area contributed by atoms with Crippen molar-refractivity contribution in [3.8, 4) is 5.88 Å². The van der Waals surface area contributed by atoms with Gasteiger partial charge in [-0.05, 0) is 62.3 Å². The van der Waals surface area contributed by atoms with Crippen LogP contribution in [0.5, 0.6) is 5.88 Å². The molecule has 0 saturated carbocycles. The van der Waals surface area contributed by atoms with Gasteiger partial charge in [-0.25, -0.2) is 9.97 Å². The van der Waals surface area contributed by atoms with Gasteiger partial charge in [0.25, 0.3) is 5.91 Å². The normalized spacial score (nSPS) is 16.3. The van der Waals surface area contributed by atoms with E-state index in [4.69, 9.17) is 4.74 Å². The highest BCUT2D eigenvalue weighted by Gasteiger charge is 2.58. The molecule has 3 heterocycles. The Morgan fingerprint density at radius 1 is 1.08 bits per heavy atom. The quantitative estimate of drug-likeness (QED) is 0.354. The molecule has 4 rings (SSSR count). The maximum absolute atomic E-state index is 13.5. The van der Waals surface area contributed by atoms with Gasteiger partial charge in [-0.2, -0.15) is 22.0 Å². The predicted octanol–water partition coefficient (Wildman–Crippen LogP) is 5.47. The minimum Gasteiger partial charge on any atom is -0.476 e. The molecule has 1 aliphatic rings. The molecule has 1 fully saturated rings. The van der Waals surface area contributed by atoms with E-state index in [-0.39, 0.29) is 17.1 Å². The molecule has 3 aromatic rings. The Balaban J connectivity index is 1.38.